The Labute approximate surface area is 195 Å². The van der Waals surface area contributed by atoms with Crippen molar-refractivity contribution in [1.29, 1.82) is 0 Å². The zero-order valence-corrected chi connectivity index (χ0v) is 18.5. The van der Waals surface area contributed by atoms with Gasteiger partial charge < -0.3 is 15.6 Å². The van der Waals surface area contributed by atoms with Gasteiger partial charge in [-0.3, -0.25) is 19.2 Å². The SMILES string of the molecule is O=C(NN=Cc1cc2ccccc2[nH]c1=O)C(=O)Nc1ccccc1C(=O)NC1CCCCC1. The van der Waals surface area contributed by atoms with Gasteiger partial charge in [0.25, 0.3) is 11.5 Å². The molecule has 4 N–H and O–H groups in total. The highest BCUT2D eigenvalue weighted by Gasteiger charge is 2.20. The predicted octanol–water partition coefficient (Wildman–Crippen LogP) is 2.68. The topological polar surface area (TPSA) is 133 Å². The van der Waals surface area contributed by atoms with Gasteiger partial charge in [-0.05, 0) is 42.5 Å². The number of hydrogen-bond acceptors (Lipinski definition) is 5. The Bertz CT molecular complexity index is 1310. The maximum absolute atomic E-state index is 12.7. The van der Waals surface area contributed by atoms with Gasteiger partial charge in [-0.1, -0.05) is 49.6 Å². The minimum Gasteiger partial charge on any atom is -0.349 e. The molecule has 174 valence electrons. The van der Waals surface area contributed by atoms with E-state index in [9.17, 15) is 19.2 Å². The fourth-order valence-corrected chi connectivity index (χ4v) is 3.95. The molecule has 1 saturated carbocycles. The number of amides is 3. The van der Waals surface area contributed by atoms with Crippen LogP contribution in [0.25, 0.3) is 10.9 Å². The van der Waals surface area contributed by atoms with Crippen molar-refractivity contribution in [3.05, 3.63) is 76.1 Å². The van der Waals surface area contributed by atoms with E-state index in [0.717, 1.165) is 31.1 Å². The van der Waals surface area contributed by atoms with E-state index in [1.807, 2.05) is 18.2 Å². The van der Waals surface area contributed by atoms with E-state index in [2.05, 4.69) is 26.1 Å². The third-order valence-electron chi connectivity index (χ3n) is 5.72. The number of aromatic amines is 1. The summed E-state index contributed by atoms with van der Waals surface area (Å²) in [7, 11) is 0. The minimum absolute atomic E-state index is 0.112. The van der Waals surface area contributed by atoms with Crippen molar-refractivity contribution < 1.29 is 14.4 Å². The molecule has 1 aromatic heterocycles. The van der Waals surface area contributed by atoms with Crippen LogP contribution < -0.4 is 21.6 Å². The molecule has 0 radical (unpaired) electrons. The normalized spacial score (nSPS) is 14.1. The highest BCUT2D eigenvalue weighted by molar-refractivity contribution is 6.40. The van der Waals surface area contributed by atoms with Crippen molar-refractivity contribution in [3.8, 4) is 0 Å². The summed E-state index contributed by atoms with van der Waals surface area (Å²) in [5, 5.41) is 9.98. The highest BCUT2D eigenvalue weighted by Crippen LogP contribution is 2.20. The first-order valence-electron chi connectivity index (χ1n) is 11.2. The molecule has 3 amide bonds. The van der Waals surface area contributed by atoms with Crippen LogP contribution in [0.1, 0.15) is 48.0 Å². The molecule has 0 bridgehead atoms. The summed E-state index contributed by atoms with van der Waals surface area (Å²) in [5.74, 6) is -2.31. The van der Waals surface area contributed by atoms with Gasteiger partial charge in [-0.15, -0.1) is 0 Å². The molecule has 1 fully saturated rings. The lowest BCUT2D eigenvalue weighted by molar-refractivity contribution is -0.136. The van der Waals surface area contributed by atoms with Gasteiger partial charge in [-0.2, -0.15) is 5.10 Å². The average Bonchev–Trinajstić information content (AvgIpc) is 2.85. The van der Waals surface area contributed by atoms with Gasteiger partial charge in [0.1, 0.15) is 0 Å². The Kier molecular flexibility index (Phi) is 7.12. The van der Waals surface area contributed by atoms with E-state index < -0.39 is 11.8 Å². The maximum atomic E-state index is 12.7. The number of carbonyl (C=O) groups excluding carboxylic acids is 3. The van der Waals surface area contributed by atoms with Crippen LogP contribution in [-0.4, -0.2) is 35.0 Å². The Hall–Kier alpha value is -4.27. The number of nitrogens with one attached hydrogen (secondary N) is 4. The molecule has 0 atom stereocenters. The number of nitrogens with zero attached hydrogens (tertiary/aromatic N) is 1. The van der Waals surface area contributed by atoms with Gasteiger partial charge in [-0.25, -0.2) is 5.43 Å². The van der Waals surface area contributed by atoms with Crippen LogP contribution in [0.4, 0.5) is 5.69 Å². The van der Waals surface area contributed by atoms with E-state index in [4.69, 9.17) is 0 Å². The first-order valence-corrected chi connectivity index (χ1v) is 11.2. The molecule has 1 aliphatic carbocycles. The zero-order chi connectivity index (χ0) is 23.9. The average molecular weight is 460 g/mol. The molecular formula is C25H25N5O4. The largest absolute Gasteiger partial charge is 0.349 e. The summed E-state index contributed by atoms with van der Waals surface area (Å²) in [6.45, 7) is 0. The number of H-pyrrole nitrogens is 1. The molecule has 3 aromatic rings. The monoisotopic (exact) mass is 459 g/mol. The first-order chi connectivity index (χ1) is 16.5. The fourth-order valence-electron chi connectivity index (χ4n) is 3.95. The smallest absolute Gasteiger partial charge is 0.329 e. The number of pyridine rings is 1. The van der Waals surface area contributed by atoms with Crippen LogP contribution in [0, 0.1) is 0 Å². The Balaban J connectivity index is 1.38. The van der Waals surface area contributed by atoms with Crippen LogP contribution in [-0.2, 0) is 9.59 Å². The number of rotatable bonds is 5. The fraction of sp³-hybridized carbons (Fsp3) is 0.240. The summed E-state index contributed by atoms with van der Waals surface area (Å²) in [5.41, 5.74) is 3.14. The molecule has 9 nitrogen and oxygen atoms in total. The van der Waals surface area contributed by atoms with E-state index in [0.29, 0.717) is 5.52 Å². The molecule has 0 aliphatic heterocycles. The maximum Gasteiger partial charge on any atom is 0.329 e. The van der Waals surface area contributed by atoms with E-state index in [1.54, 1.807) is 36.4 Å². The lowest BCUT2D eigenvalue weighted by Gasteiger charge is -2.23. The van der Waals surface area contributed by atoms with Crippen LogP contribution in [0.15, 0.2) is 64.5 Å². The van der Waals surface area contributed by atoms with E-state index in [1.165, 1.54) is 12.6 Å². The Morgan fingerprint density at radius 2 is 1.68 bits per heavy atom. The number of benzene rings is 2. The molecule has 1 heterocycles. The molecule has 1 aliphatic rings. The quantitative estimate of drug-likeness (QED) is 0.265. The minimum atomic E-state index is -1.03. The second-order valence-corrected chi connectivity index (χ2v) is 8.15. The second-order valence-electron chi connectivity index (χ2n) is 8.15. The number of hydrazone groups is 1. The standard InChI is InChI=1S/C25H25N5O4/c31-22-17(14-16-8-4-6-12-20(16)28-22)15-26-30-25(34)24(33)29-21-13-7-5-11-19(21)23(32)27-18-9-2-1-3-10-18/h4-8,11-15,18H,1-3,9-10H2,(H,27,32)(H,28,31)(H,29,33)(H,30,34). The van der Waals surface area contributed by atoms with Crippen molar-refractivity contribution >= 4 is 40.5 Å². The lowest BCUT2D eigenvalue weighted by Crippen LogP contribution is -2.37. The zero-order valence-electron chi connectivity index (χ0n) is 18.5. The van der Waals surface area contributed by atoms with Crippen LogP contribution in [0.2, 0.25) is 0 Å². The van der Waals surface area contributed by atoms with E-state index >= 15 is 0 Å². The third kappa shape index (κ3) is 5.55. The molecule has 0 unspecified atom stereocenters. The van der Waals surface area contributed by atoms with E-state index in [-0.39, 0.29) is 34.3 Å². The first kappa shape index (κ1) is 22.9. The molecule has 0 saturated heterocycles. The third-order valence-corrected chi connectivity index (χ3v) is 5.72. The molecular weight excluding hydrogens is 434 g/mol. The predicted molar refractivity (Wildman–Crippen MR) is 130 cm³/mol. The number of aromatic nitrogens is 1. The van der Waals surface area contributed by atoms with Gasteiger partial charge in [0.05, 0.1) is 23.0 Å². The highest BCUT2D eigenvalue weighted by atomic mass is 16.2. The Morgan fingerprint density at radius 3 is 2.50 bits per heavy atom. The number of para-hydroxylation sites is 2. The van der Waals surface area contributed by atoms with Gasteiger partial charge in [0.15, 0.2) is 0 Å². The van der Waals surface area contributed by atoms with Crippen LogP contribution in [0.5, 0.6) is 0 Å². The summed E-state index contributed by atoms with van der Waals surface area (Å²) >= 11 is 0. The van der Waals surface area contributed by atoms with Crippen molar-refractivity contribution in [3.63, 3.8) is 0 Å². The van der Waals surface area contributed by atoms with Gasteiger partial charge >= 0.3 is 11.8 Å². The molecule has 9 heteroatoms. The summed E-state index contributed by atoms with van der Waals surface area (Å²) in [6, 6.07) is 15.5. The van der Waals surface area contributed by atoms with Crippen molar-refractivity contribution in [2.75, 3.05) is 5.32 Å². The lowest BCUT2D eigenvalue weighted by atomic mass is 9.95. The molecule has 2 aromatic carbocycles. The summed E-state index contributed by atoms with van der Waals surface area (Å²) < 4.78 is 0. The molecule has 0 spiro atoms. The number of carbonyl (C=O) groups is 3. The Morgan fingerprint density at radius 1 is 0.941 bits per heavy atom. The van der Waals surface area contributed by atoms with Crippen molar-refractivity contribution in [2.24, 2.45) is 5.10 Å². The molecule has 4 rings (SSSR count). The molecule has 34 heavy (non-hydrogen) atoms. The number of fused-ring (bicyclic) bond motifs is 1. The summed E-state index contributed by atoms with van der Waals surface area (Å²) in [6.07, 6.45) is 6.36. The number of anilines is 1. The van der Waals surface area contributed by atoms with Crippen LogP contribution >= 0.6 is 0 Å². The van der Waals surface area contributed by atoms with Crippen molar-refractivity contribution in [1.82, 2.24) is 15.7 Å². The summed E-state index contributed by atoms with van der Waals surface area (Å²) in [4.78, 5) is 52.2. The van der Waals surface area contributed by atoms with Gasteiger partial charge in [0.2, 0.25) is 0 Å². The number of hydrogen-bond donors (Lipinski definition) is 4. The second kappa shape index (κ2) is 10.6. The van der Waals surface area contributed by atoms with Crippen LogP contribution in [0.3, 0.4) is 0 Å². The van der Waals surface area contributed by atoms with Crippen molar-refractivity contribution in [2.45, 2.75) is 38.1 Å². The van der Waals surface area contributed by atoms with Gasteiger partial charge in [0, 0.05) is 11.6 Å².